The quantitative estimate of drug-likeness (QED) is 0.396. The zero-order valence-electron chi connectivity index (χ0n) is 15.7. The van der Waals surface area contributed by atoms with Gasteiger partial charge in [0.2, 0.25) is 5.91 Å². The first kappa shape index (κ1) is 20.2. The normalized spacial score (nSPS) is 17.4. The third kappa shape index (κ3) is 7.01. The SMILES string of the molecule is CCNC(=NCC(=O)Nc1ccccc1)N1CCC(COCCOC)C1. The van der Waals surface area contributed by atoms with Gasteiger partial charge in [-0.15, -0.1) is 0 Å². The summed E-state index contributed by atoms with van der Waals surface area (Å²) in [7, 11) is 1.67. The molecule has 7 nitrogen and oxygen atoms in total. The predicted octanol–water partition coefficient (Wildman–Crippen LogP) is 1.58. The predicted molar refractivity (Wildman–Crippen MR) is 103 cm³/mol. The number of rotatable bonds is 9. The first-order chi connectivity index (χ1) is 12.7. The molecule has 0 spiro atoms. The first-order valence-electron chi connectivity index (χ1n) is 9.17. The number of para-hydroxylation sites is 1. The number of amides is 1. The Labute approximate surface area is 155 Å². The molecule has 1 aliphatic rings. The second-order valence-electron chi connectivity index (χ2n) is 6.25. The summed E-state index contributed by atoms with van der Waals surface area (Å²) in [6.07, 6.45) is 1.06. The molecule has 26 heavy (non-hydrogen) atoms. The summed E-state index contributed by atoms with van der Waals surface area (Å²) in [4.78, 5) is 18.8. The van der Waals surface area contributed by atoms with Crippen molar-refractivity contribution >= 4 is 17.6 Å². The van der Waals surface area contributed by atoms with Gasteiger partial charge >= 0.3 is 0 Å². The highest BCUT2D eigenvalue weighted by Crippen LogP contribution is 2.16. The van der Waals surface area contributed by atoms with Crippen LogP contribution < -0.4 is 10.6 Å². The number of hydrogen-bond donors (Lipinski definition) is 2. The fraction of sp³-hybridized carbons (Fsp3) is 0.579. The van der Waals surface area contributed by atoms with E-state index in [0.29, 0.717) is 19.1 Å². The number of likely N-dealkylation sites (tertiary alicyclic amines) is 1. The lowest BCUT2D eigenvalue weighted by molar-refractivity contribution is -0.114. The Hall–Kier alpha value is -2.12. The Bertz CT molecular complexity index is 565. The third-order valence-corrected chi connectivity index (χ3v) is 4.14. The Morgan fingerprint density at radius 3 is 2.85 bits per heavy atom. The maximum Gasteiger partial charge on any atom is 0.246 e. The van der Waals surface area contributed by atoms with Crippen LogP contribution in [0.3, 0.4) is 0 Å². The molecular weight excluding hydrogens is 332 g/mol. The molecule has 1 fully saturated rings. The van der Waals surface area contributed by atoms with Gasteiger partial charge in [-0.05, 0) is 25.5 Å². The number of benzene rings is 1. The van der Waals surface area contributed by atoms with Crippen molar-refractivity contribution in [2.75, 3.05) is 58.4 Å². The number of ether oxygens (including phenoxy) is 2. The average molecular weight is 362 g/mol. The number of carbonyl (C=O) groups is 1. The molecular formula is C19H30N4O3. The van der Waals surface area contributed by atoms with Crippen LogP contribution in [0.4, 0.5) is 5.69 Å². The van der Waals surface area contributed by atoms with Crippen molar-refractivity contribution in [2.24, 2.45) is 10.9 Å². The van der Waals surface area contributed by atoms with Gasteiger partial charge in [0.25, 0.3) is 0 Å². The molecule has 2 N–H and O–H groups in total. The van der Waals surface area contributed by atoms with Gasteiger partial charge in [0.15, 0.2) is 5.96 Å². The second kappa shape index (κ2) is 11.5. The molecule has 1 heterocycles. The minimum Gasteiger partial charge on any atom is -0.382 e. The van der Waals surface area contributed by atoms with Gasteiger partial charge < -0.3 is 25.0 Å². The van der Waals surface area contributed by atoms with Crippen molar-refractivity contribution in [1.82, 2.24) is 10.2 Å². The van der Waals surface area contributed by atoms with Crippen LogP contribution in [0.5, 0.6) is 0 Å². The largest absolute Gasteiger partial charge is 0.382 e. The highest BCUT2D eigenvalue weighted by molar-refractivity contribution is 5.94. The molecule has 1 aliphatic heterocycles. The van der Waals surface area contributed by atoms with Crippen LogP contribution in [0, 0.1) is 5.92 Å². The molecule has 1 aromatic rings. The van der Waals surface area contributed by atoms with Gasteiger partial charge in [-0.1, -0.05) is 18.2 Å². The van der Waals surface area contributed by atoms with E-state index >= 15 is 0 Å². The van der Waals surface area contributed by atoms with E-state index in [9.17, 15) is 4.79 Å². The van der Waals surface area contributed by atoms with Crippen LogP contribution in [0.2, 0.25) is 0 Å². The molecule has 0 radical (unpaired) electrons. The van der Waals surface area contributed by atoms with Crippen molar-refractivity contribution in [3.8, 4) is 0 Å². The van der Waals surface area contributed by atoms with Gasteiger partial charge in [-0.25, -0.2) is 4.99 Å². The topological polar surface area (TPSA) is 75.2 Å². The van der Waals surface area contributed by atoms with E-state index in [-0.39, 0.29) is 12.5 Å². The number of nitrogens with zero attached hydrogens (tertiary/aromatic N) is 2. The van der Waals surface area contributed by atoms with Crippen molar-refractivity contribution in [3.63, 3.8) is 0 Å². The van der Waals surface area contributed by atoms with E-state index in [1.165, 1.54) is 0 Å². The van der Waals surface area contributed by atoms with Crippen molar-refractivity contribution in [3.05, 3.63) is 30.3 Å². The highest BCUT2D eigenvalue weighted by atomic mass is 16.5. The molecule has 7 heteroatoms. The minimum absolute atomic E-state index is 0.0999. The van der Waals surface area contributed by atoms with E-state index in [1.807, 2.05) is 37.3 Å². The van der Waals surface area contributed by atoms with E-state index < -0.39 is 0 Å². The average Bonchev–Trinajstić information content (AvgIpc) is 3.12. The van der Waals surface area contributed by atoms with Crippen LogP contribution >= 0.6 is 0 Å². The summed E-state index contributed by atoms with van der Waals surface area (Å²) in [5.41, 5.74) is 0.784. The summed E-state index contributed by atoms with van der Waals surface area (Å²) in [6, 6.07) is 9.42. The van der Waals surface area contributed by atoms with Gasteiger partial charge in [0.1, 0.15) is 6.54 Å². The molecule has 0 aromatic heterocycles. The summed E-state index contributed by atoms with van der Waals surface area (Å²) in [5.74, 6) is 1.15. The van der Waals surface area contributed by atoms with Crippen molar-refractivity contribution < 1.29 is 14.3 Å². The van der Waals surface area contributed by atoms with E-state index in [4.69, 9.17) is 9.47 Å². The number of guanidine groups is 1. The van der Waals surface area contributed by atoms with Crippen LogP contribution in [-0.4, -0.2) is 69.9 Å². The fourth-order valence-corrected chi connectivity index (χ4v) is 2.85. The minimum atomic E-state index is -0.120. The Kier molecular flexibility index (Phi) is 8.92. The smallest absolute Gasteiger partial charge is 0.246 e. The van der Waals surface area contributed by atoms with Crippen LogP contribution in [0.25, 0.3) is 0 Å². The zero-order chi connectivity index (χ0) is 18.6. The van der Waals surface area contributed by atoms with E-state index in [0.717, 1.165) is 44.3 Å². The number of methoxy groups -OCH3 is 1. The lowest BCUT2D eigenvalue weighted by Crippen LogP contribution is -2.40. The molecule has 1 atom stereocenters. The molecule has 0 bridgehead atoms. The van der Waals surface area contributed by atoms with Crippen molar-refractivity contribution in [2.45, 2.75) is 13.3 Å². The van der Waals surface area contributed by atoms with Crippen molar-refractivity contribution in [1.29, 1.82) is 0 Å². The zero-order valence-corrected chi connectivity index (χ0v) is 15.7. The molecule has 1 unspecified atom stereocenters. The highest BCUT2D eigenvalue weighted by Gasteiger charge is 2.25. The number of anilines is 1. The van der Waals surface area contributed by atoms with Crippen LogP contribution in [-0.2, 0) is 14.3 Å². The molecule has 1 saturated heterocycles. The van der Waals surface area contributed by atoms with E-state index in [1.54, 1.807) is 7.11 Å². The Balaban J connectivity index is 1.81. The number of hydrogen-bond acceptors (Lipinski definition) is 4. The summed E-state index contributed by atoms with van der Waals surface area (Å²) in [5, 5.41) is 6.13. The molecule has 1 amide bonds. The lowest BCUT2D eigenvalue weighted by atomic mass is 10.1. The summed E-state index contributed by atoms with van der Waals surface area (Å²) < 4.78 is 10.6. The maximum absolute atomic E-state index is 12.1. The second-order valence-corrected chi connectivity index (χ2v) is 6.25. The molecule has 2 rings (SSSR count). The molecule has 144 valence electrons. The van der Waals surface area contributed by atoms with Gasteiger partial charge in [0.05, 0.1) is 19.8 Å². The standard InChI is InChI=1S/C19H30N4O3/c1-3-20-19(21-13-18(24)22-17-7-5-4-6-8-17)23-10-9-16(14-23)15-26-12-11-25-2/h4-8,16H,3,9-15H2,1-2H3,(H,20,21)(H,22,24). The van der Waals surface area contributed by atoms with E-state index in [2.05, 4.69) is 20.5 Å². The number of aliphatic imine (C=N–C) groups is 1. The molecule has 0 aliphatic carbocycles. The first-order valence-corrected chi connectivity index (χ1v) is 9.17. The summed E-state index contributed by atoms with van der Waals surface area (Å²) >= 11 is 0. The third-order valence-electron chi connectivity index (χ3n) is 4.14. The fourth-order valence-electron chi connectivity index (χ4n) is 2.85. The number of carbonyl (C=O) groups excluding carboxylic acids is 1. The number of nitrogens with one attached hydrogen (secondary N) is 2. The van der Waals surface area contributed by atoms with Crippen LogP contribution in [0.1, 0.15) is 13.3 Å². The molecule has 0 saturated carbocycles. The monoisotopic (exact) mass is 362 g/mol. The lowest BCUT2D eigenvalue weighted by Gasteiger charge is -2.21. The van der Waals surface area contributed by atoms with Gasteiger partial charge in [0, 0.05) is 38.3 Å². The molecule has 1 aromatic carbocycles. The Morgan fingerprint density at radius 1 is 1.31 bits per heavy atom. The maximum atomic E-state index is 12.1. The van der Waals surface area contributed by atoms with Crippen LogP contribution in [0.15, 0.2) is 35.3 Å². The van der Waals surface area contributed by atoms with Gasteiger partial charge in [-0.3, -0.25) is 4.79 Å². The van der Waals surface area contributed by atoms with Gasteiger partial charge in [-0.2, -0.15) is 0 Å². The Morgan fingerprint density at radius 2 is 2.12 bits per heavy atom. The summed E-state index contributed by atoms with van der Waals surface area (Å²) in [6.45, 7) is 6.68.